The van der Waals surface area contributed by atoms with Gasteiger partial charge in [0.05, 0.1) is 41.0 Å². The summed E-state index contributed by atoms with van der Waals surface area (Å²) >= 11 is 2.16. The zero-order valence-corrected chi connectivity index (χ0v) is 20.2. The molecule has 3 aliphatic rings. The summed E-state index contributed by atoms with van der Waals surface area (Å²) in [5.74, 6) is 0.287. The van der Waals surface area contributed by atoms with Crippen molar-refractivity contribution in [2.45, 2.75) is 50.1 Å². The lowest BCUT2D eigenvalue weighted by Gasteiger charge is -2.27. The second kappa shape index (κ2) is 7.99. The third-order valence-corrected chi connectivity index (χ3v) is 8.21. The van der Waals surface area contributed by atoms with Crippen molar-refractivity contribution in [2.75, 3.05) is 18.0 Å². The maximum absolute atomic E-state index is 13.9. The highest BCUT2D eigenvalue weighted by atomic mass is 127. The number of aromatic nitrogens is 2. The highest BCUT2D eigenvalue weighted by molar-refractivity contribution is 14.1. The molecule has 2 aromatic carbocycles. The highest BCUT2D eigenvalue weighted by Gasteiger charge is 2.54. The van der Waals surface area contributed by atoms with Gasteiger partial charge >= 0.3 is 0 Å². The standard InChI is InChI=1S/C26H27IN4O/c27-31-17-21(15-28-31)20-11-9-19(10-12-20)16-30-24-8-4-3-7-23(24)26(25(30)32)13-14-29(18-26)22-5-1-2-6-22/h3-4,7-12,15,17,22H,1-2,5-6,13-14,16,18H2. The predicted octanol–water partition coefficient (Wildman–Crippen LogP) is 5.18. The van der Waals surface area contributed by atoms with E-state index in [0.717, 1.165) is 41.9 Å². The molecule has 0 N–H and O–H groups in total. The number of hydrogen-bond acceptors (Lipinski definition) is 3. The van der Waals surface area contributed by atoms with Crippen molar-refractivity contribution in [3.8, 4) is 11.1 Å². The molecular weight excluding hydrogens is 511 g/mol. The van der Waals surface area contributed by atoms with Crippen molar-refractivity contribution in [3.05, 3.63) is 72.1 Å². The Kier molecular flexibility index (Phi) is 5.10. The van der Waals surface area contributed by atoms with Crippen LogP contribution in [0.15, 0.2) is 60.9 Å². The van der Waals surface area contributed by atoms with Crippen LogP contribution in [0.2, 0.25) is 0 Å². The summed E-state index contributed by atoms with van der Waals surface area (Å²) in [6.07, 6.45) is 10.1. The van der Waals surface area contributed by atoms with Gasteiger partial charge in [-0.2, -0.15) is 5.10 Å². The normalized spacial score (nSPS) is 23.5. The molecule has 1 atom stereocenters. The summed E-state index contributed by atoms with van der Waals surface area (Å²) in [6.45, 7) is 2.54. The summed E-state index contributed by atoms with van der Waals surface area (Å²) in [4.78, 5) is 18.6. The average Bonchev–Trinajstić information content (AvgIpc) is 3.60. The second-order valence-electron chi connectivity index (χ2n) is 9.46. The molecule has 1 aliphatic carbocycles. The number of amides is 1. The maximum Gasteiger partial charge on any atom is 0.239 e. The Morgan fingerprint density at radius 1 is 1.03 bits per heavy atom. The molecule has 1 saturated heterocycles. The van der Waals surface area contributed by atoms with Gasteiger partial charge in [-0.3, -0.25) is 9.69 Å². The predicted molar refractivity (Wildman–Crippen MR) is 135 cm³/mol. The molecule has 5 nitrogen and oxygen atoms in total. The third-order valence-electron chi connectivity index (χ3n) is 7.69. The van der Waals surface area contributed by atoms with Crippen LogP contribution in [0.25, 0.3) is 11.1 Å². The molecule has 3 aromatic rings. The first kappa shape index (κ1) is 20.4. The van der Waals surface area contributed by atoms with Gasteiger partial charge in [-0.05, 0) is 48.6 Å². The molecule has 0 bridgehead atoms. The van der Waals surface area contributed by atoms with Gasteiger partial charge in [0.15, 0.2) is 0 Å². The molecule has 6 rings (SSSR count). The Balaban J connectivity index is 1.27. The van der Waals surface area contributed by atoms with Gasteiger partial charge in [-0.25, -0.2) is 2.90 Å². The number of anilines is 1. The molecule has 1 unspecified atom stereocenters. The van der Waals surface area contributed by atoms with Crippen molar-refractivity contribution < 1.29 is 4.79 Å². The summed E-state index contributed by atoms with van der Waals surface area (Å²) in [6, 6.07) is 17.7. The van der Waals surface area contributed by atoms with E-state index in [0.29, 0.717) is 12.6 Å². The molecule has 1 aromatic heterocycles. The Bertz CT molecular complexity index is 1150. The smallest absolute Gasteiger partial charge is 0.239 e. The monoisotopic (exact) mass is 538 g/mol. The average molecular weight is 538 g/mol. The number of rotatable bonds is 4. The fraction of sp³-hybridized carbons (Fsp3) is 0.385. The van der Waals surface area contributed by atoms with Crippen LogP contribution in [0.3, 0.4) is 0 Å². The Labute approximate surface area is 202 Å². The lowest BCUT2D eigenvalue weighted by atomic mass is 9.81. The highest BCUT2D eigenvalue weighted by Crippen LogP contribution is 2.48. The molecule has 1 saturated carbocycles. The third kappa shape index (κ3) is 3.30. The van der Waals surface area contributed by atoms with Gasteiger partial charge in [-0.1, -0.05) is 55.3 Å². The van der Waals surface area contributed by atoms with E-state index in [4.69, 9.17) is 0 Å². The van der Waals surface area contributed by atoms with E-state index in [1.165, 1.54) is 31.2 Å². The Morgan fingerprint density at radius 3 is 2.56 bits per heavy atom. The zero-order valence-electron chi connectivity index (χ0n) is 18.1. The van der Waals surface area contributed by atoms with E-state index < -0.39 is 0 Å². The van der Waals surface area contributed by atoms with Crippen LogP contribution in [-0.4, -0.2) is 37.9 Å². The van der Waals surface area contributed by atoms with Gasteiger partial charge in [-0.15, -0.1) is 0 Å². The van der Waals surface area contributed by atoms with E-state index >= 15 is 0 Å². The van der Waals surface area contributed by atoms with Crippen LogP contribution in [-0.2, 0) is 16.8 Å². The number of likely N-dealkylation sites (tertiary alicyclic amines) is 1. The quantitative estimate of drug-likeness (QED) is 0.430. The number of fused-ring (bicyclic) bond motifs is 2. The molecule has 3 heterocycles. The number of hydrogen-bond donors (Lipinski definition) is 0. The first-order valence-corrected chi connectivity index (χ1v) is 12.6. The van der Waals surface area contributed by atoms with Crippen LogP contribution >= 0.6 is 22.9 Å². The van der Waals surface area contributed by atoms with Gasteiger partial charge < -0.3 is 4.90 Å². The first-order valence-electron chi connectivity index (χ1n) is 11.6. The minimum Gasteiger partial charge on any atom is -0.307 e. The summed E-state index contributed by atoms with van der Waals surface area (Å²) in [7, 11) is 0. The Hall–Kier alpha value is -2.19. The minimum absolute atomic E-state index is 0.287. The van der Waals surface area contributed by atoms with Crippen LogP contribution in [0, 0.1) is 0 Å². The zero-order chi connectivity index (χ0) is 21.7. The number of carbonyl (C=O) groups is 1. The molecule has 0 radical (unpaired) electrons. The summed E-state index contributed by atoms with van der Waals surface area (Å²) < 4.78 is 1.79. The van der Waals surface area contributed by atoms with E-state index in [-0.39, 0.29) is 11.3 Å². The van der Waals surface area contributed by atoms with E-state index in [9.17, 15) is 4.79 Å². The fourth-order valence-corrected chi connectivity index (χ4v) is 6.43. The number of carbonyl (C=O) groups excluding carboxylic acids is 1. The van der Waals surface area contributed by atoms with Crippen LogP contribution in [0.4, 0.5) is 5.69 Å². The lowest BCUT2D eigenvalue weighted by Crippen LogP contribution is -2.43. The largest absolute Gasteiger partial charge is 0.307 e. The van der Waals surface area contributed by atoms with Crippen molar-refractivity contribution in [3.63, 3.8) is 0 Å². The van der Waals surface area contributed by atoms with Crippen LogP contribution in [0.5, 0.6) is 0 Å². The van der Waals surface area contributed by atoms with Crippen molar-refractivity contribution in [2.24, 2.45) is 0 Å². The molecule has 6 heteroatoms. The fourth-order valence-electron chi connectivity index (χ4n) is 6.00. The van der Waals surface area contributed by atoms with Crippen LogP contribution < -0.4 is 4.90 Å². The summed E-state index contributed by atoms with van der Waals surface area (Å²) in [5.41, 5.74) is 5.36. The number of nitrogens with zero attached hydrogens (tertiary/aromatic N) is 4. The lowest BCUT2D eigenvalue weighted by molar-refractivity contribution is -0.123. The molecule has 1 spiro atoms. The van der Waals surface area contributed by atoms with Gasteiger partial charge in [0.1, 0.15) is 0 Å². The van der Waals surface area contributed by atoms with Gasteiger partial charge in [0.2, 0.25) is 5.91 Å². The van der Waals surface area contributed by atoms with Gasteiger partial charge in [0.25, 0.3) is 0 Å². The first-order chi connectivity index (χ1) is 15.6. The van der Waals surface area contributed by atoms with E-state index in [2.05, 4.69) is 81.4 Å². The van der Waals surface area contributed by atoms with E-state index in [1.807, 2.05) is 17.3 Å². The second-order valence-corrected chi connectivity index (χ2v) is 10.5. The van der Waals surface area contributed by atoms with Gasteiger partial charge in [0, 0.05) is 30.0 Å². The maximum atomic E-state index is 13.9. The minimum atomic E-state index is -0.367. The molecule has 32 heavy (non-hydrogen) atoms. The SMILES string of the molecule is O=C1N(Cc2ccc(-c3cnn(I)c3)cc2)c2ccccc2C12CCN(C1CCCC1)C2. The van der Waals surface area contributed by atoms with E-state index in [1.54, 1.807) is 2.90 Å². The van der Waals surface area contributed by atoms with Crippen molar-refractivity contribution >= 4 is 34.5 Å². The number of halogens is 1. The van der Waals surface area contributed by atoms with Crippen molar-refractivity contribution in [1.29, 1.82) is 0 Å². The topological polar surface area (TPSA) is 41.4 Å². The molecule has 2 fully saturated rings. The number of benzene rings is 2. The molecule has 164 valence electrons. The van der Waals surface area contributed by atoms with Crippen LogP contribution in [0.1, 0.15) is 43.2 Å². The number of para-hydroxylation sites is 1. The molecule has 2 aliphatic heterocycles. The summed E-state index contributed by atoms with van der Waals surface area (Å²) in [5, 5.41) is 4.26. The molecule has 1 amide bonds. The Morgan fingerprint density at radius 2 is 1.81 bits per heavy atom. The van der Waals surface area contributed by atoms with Crippen molar-refractivity contribution in [1.82, 2.24) is 12.9 Å². The molecular formula is C26H27IN4O.